The molecular formula is C21H29FO3. The Labute approximate surface area is 149 Å². The number of cyclic esters (lactones) is 1. The van der Waals surface area contributed by atoms with Crippen molar-refractivity contribution in [2.24, 2.45) is 11.8 Å². The minimum Gasteiger partial charge on any atom is -0.490 e. The molecular weight excluding hydrogens is 319 g/mol. The largest absolute Gasteiger partial charge is 0.490 e. The number of rotatable bonds is 6. The van der Waals surface area contributed by atoms with E-state index in [9.17, 15) is 9.18 Å². The van der Waals surface area contributed by atoms with Crippen LogP contribution in [0.4, 0.5) is 4.39 Å². The van der Waals surface area contributed by atoms with Crippen LogP contribution in [0.5, 0.6) is 5.75 Å². The third kappa shape index (κ3) is 4.16. The van der Waals surface area contributed by atoms with Gasteiger partial charge in [0.15, 0.2) is 11.6 Å². The van der Waals surface area contributed by atoms with Crippen molar-refractivity contribution in [2.45, 2.75) is 71.3 Å². The lowest BCUT2D eigenvalue weighted by Crippen LogP contribution is -2.28. The Morgan fingerprint density at radius 2 is 1.88 bits per heavy atom. The third-order valence-corrected chi connectivity index (χ3v) is 5.71. The van der Waals surface area contributed by atoms with Crippen LogP contribution in [0.1, 0.15) is 74.7 Å². The molecule has 0 aromatic heterocycles. The summed E-state index contributed by atoms with van der Waals surface area (Å²) in [7, 11) is 0. The number of halogens is 1. The van der Waals surface area contributed by atoms with E-state index in [0.29, 0.717) is 18.9 Å². The van der Waals surface area contributed by atoms with E-state index in [1.54, 1.807) is 6.07 Å². The lowest BCUT2D eigenvalue weighted by molar-refractivity contribution is 0.0241. The van der Waals surface area contributed by atoms with Gasteiger partial charge in [0.1, 0.15) is 11.7 Å². The zero-order valence-corrected chi connectivity index (χ0v) is 15.4. The minimum atomic E-state index is -0.559. The normalized spacial score (nSPS) is 26.0. The predicted octanol–water partition coefficient (Wildman–Crippen LogP) is 5.30. The van der Waals surface area contributed by atoms with Crippen LogP contribution in [0.3, 0.4) is 0 Å². The van der Waals surface area contributed by atoms with E-state index in [-0.39, 0.29) is 17.4 Å². The molecule has 1 atom stereocenters. The van der Waals surface area contributed by atoms with Gasteiger partial charge in [-0.05, 0) is 42.7 Å². The molecule has 4 heteroatoms. The molecule has 0 radical (unpaired) electrons. The van der Waals surface area contributed by atoms with E-state index in [2.05, 4.69) is 6.92 Å². The summed E-state index contributed by atoms with van der Waals surface area (Å²) in [4.78, 5) is 12.1. The van der Waals surface area contributed by atoms with E-state index in [0.717, 1.165) is 30.7 Å². The lowest BCUT2D eigenvalue weighted by Gasteiger charge is -2.28. The number of carbonyl (C=O) groups excluding carboxylic acids is 1. The molecule has 0 amide bonds. The summed E-state index contributed by atoms with van der Waals surface area (Å²) >= 11 is 0. The summed E-state index contributed by atoms with van der Waals surface area (Å²) < 4.78 is 25.8. The molecule has 0 spiro atoms. The van der Waals surface area contributed by atoms with Crippen LogP contribution in [-0.2, 0) is 11.2 Å². The van der Waals surface area contributed by atoms with Gasteiger partial charge in [-0.3, -0.25) is 0 Å². The number of carbonyl (C=O) groups is 1. The fourth-order valence-corrected chi connectivity index (χ4v) is 4.13. The smallest absolute Gasteiger partial charge is 0.341 e. The highest BCUT2D eigenvalue weighted by Gasteiger charge is 2.30. The minimum absolute atomic E-state index is 0.0638. The van der Waals surface area contributed by atoms with Crippen LogP contribution in [-0.4, -0.2) is 18.7 Å². The van der Waals surface area contributed by atoms with Crippen molar-refractivity contribution in [1.29, 1.82) is 0 Å². The maximum Gasteiger partial charge on any atom is 0.341 e. The highest BCUT2D eigenvalue weighted by molar-refractivity contribution is 5.93. The van der Waals surface area contributed by atoms with Crippen LogP contribution in [0.25, 0.3) is 0 Å². The Hall–Kier alpha value is -1.58. The van der Waals surface area contributed by atoms with E-state index in [1.807, 2.05) is 13.0 Å². The molecule has 1 heterocycles. The molecule has 1 aliphatic carbocycles. The monoisotopic (exact) mass is 348 g/mol. The molecule has 138 valence electrons. The molecule has 0 saturated heterocycles. The summed E-state index contributed by atoms with van der Waals surface area (Å²) in [6.45, 7) is 4.73. The second kappa shape index (κ2) is 8.20. The van der Waals surface area contributed by atoms with Crippen LogP contribution in [0.15, 0.2) is 12.1 Å². The molecule has 1 unspecified atom stereocenters. The zero-order chi connectivity index (χ0) is 17.8. The van der Waals surface area contributed by atoms with Crippen LogP contribution >= 0.6 is 0 Å². The Kier molecular flexibility index (Phi) is 5.98. The Bertz CT molecular complexity index is 605. The van der Waals surface area contributed by atoms with Crippen molar-refractivity contribution >= 4 is 5.97 Å². The fourth-order valence-electron chi connectivity index (χ4n) is 4.13. The molecule has 2 aliphatic rings. The van der Waals surface area contributed by atoms with E-state index in [1.165, 1.54) is 25.7 Å². The first kappa shape index (κ1) is 18.2. The summed E-state index contributed by atoms with van der Waals surface area (Å²) in [5, 5.41) is 0. The summed E-state index contributed by atoms with van der Waals surface area (Å²) in [5.41, 5.74) is 0.793. The first-order valence-electron chi connectivity index (χ1n) is 9.77. The standard InChI is InChI=1S/C21H29FO3/c1-3-5-14-6-8-15(9-7-14)13-24-18-11-10-16-12-17(4-2)25-21(23)19(16)20(18)22/h10-11,14-15,17H,3-9,12-13H2,1-2H3. The van der Waals surface area contributed by atoms with Crippen LogP contribution < -0.4 is 4.74 Å². The number of esters is 1. The molecule has 0 bridgehead atoms. The zero-order valence-electron chi connectivity index (χ0n) is 15.4. The van der Waals surface area contributed by atoms with E-state index in [4.69, 9.17) is 9.47 Å². The maximum atomic E-state index is 14.7. The van der Waals surface area contributed by atoms with Crippen molar-refractivity contribution in [1.82, 2.24) is 0 Å². The number of hydrogen-bond donors (Lipinski definition) is 0. The maximum absolute atomic E-state index is 14.7. The van der Waals surface area contributed by atoms with Gasteiger partial charge in [-0.2, -0.15) is 0 Å². The van der Waals surface area contributed by atoms with Gasteiger partial charge >= 0.3 is 5.97 Å². The Balaban J connectivity index is 1.61. The third-order valence-electron chi connectivity index (χ3n) is 5.71. The van der Waals surface area contributed by atoms with Gasteiger partial charge in [0.05, 0.1) is 6.61 Å². The topological polar surface area (TPSA) is 35.5 Å². The molecule has 1 aliphatic heterocycles. The summed E-state index contributed by atoms with van der Waals surface area (Å²) in [5.74, 6) is 0.400. The summed E-state index contributed by atoms with van der Waals surface area (Å²) in [6, 6.07) is 3.48. The number of benzene rings is 1. The second-order valence-electron chi connectivity index (χ2n) is 7.54. The predicted molar refractivity (Wildman–Crippen MR) is 95.4 cm³/mol. The fraction of sp³-hybridized carbons (Fsp3) is 0.667. The molecule has 1 saturated carbocycles. The average Bonchev–Trinajstić information content (AvgIpc) is 2.62. The van der Waals surface area contributed by atoms with Gasteiger partial charge in [-0.15, -0.1) is 0 Å². The van der Waals surface area contributed by atoms with Crippen molar-refractivity contribution in [3.63, 3.8) is 0 Å². The van der Waals surface area contributed by atoms with Crippen molar-refractivity contribution in [2.75, 3.05) is 6.61 Å². The second-order valence-corrected chi connectivity index (χ2v) is 7.54. The summed E-state index contributed by atoms with van der Waals surface area (Å²) in [6.07, 6.45) is 8.54. The van der Waals surface area contributed by atoms with Gasteiger partial charge in [0.25, 0.3) is 0 Å². The number of hydrogen-bond acceptors (Lipinski definition) is 3. The van der Waals surface area contributed by atoms with Crippen molar-refractivity contribution in [3.05, 3.63) is 29.1 Å². The lowest BCUT2D eigenvalue weighted by atomic mass is 9.80. The molecule has 3 nitrogen and oxygen atoms in total. The van der Waals surface area contributed by atoms with Crippen LogP contribution in [0.2, 0.25) is 0 Å². The Morgan fingerprint density at radius 1 is 1.16 bits per heavy atom. The van der Waals surface area contributed by atoms with Gasteiger partial charge < -0.3 is 9.47 Å². The van der Waals surface area contributed by atoms with Crippen molar-refractivity contribution in [3.8, 4) is 5.75 Å². The molecule has 25 heavy (non-hydrogen) atoms. The molecule has 1 aromatic rings. The quantitative estimate of drug-likeness (QED) is 0.654. The number of ether oxygens (including phenoxy) is 2. The van der Waals surface area contributed by atoms with Crippen molar-refractivity contribution < 1.29 is 18.7 Å². The van der Waals surface area contributed by atoms with E-state index >= 15 is 0 Å². The van der Waals surface area contributed by atoms with Gasteiger partial charge in [-0.25, -0.2) is 9.18 Å². The molecule has 0 N–H and O–H groups in total. The van der Waals surface area contributed by atoms with Gasteiger partial charge in [0.2, 0.25) is 0 Å². The SMILES string of the molecule is CCCC1CCC(COc2ccc3c(c2F)C(=O)OC(CC)C3)CC1. The molecule has 3 rings (SSSR count). The van der Waals surface area contributed by atoms with Gasteiger partial charge in [-0.1, -0.05) is 45.6 Å². The average molecular weight is 348 g/mol. The van der Waals surface area contributed by atoms with Crippen LogP contribution in [0, 0.1) is 17.7 Å². The molecule has 1 aromatic carbocycles. The Morgan fingerprint density at radius 3 is 2.56 bits per heavy atom. The highest BCUT2D eigenvalue weighted by Crippen LogP contribution is 2.34. The molecule has 1 fully saturated rings. The number of fused-ring (bicyclic) bond motifs is 1. The van der Waals surface area contributed by atoms with Gasteiger partial charge in [0, 0.05) is 6.42 Å². The first-order valence-corrected chi connectivity index (χ1v) is 9.77. The first-order chi connectivity index (χ1) is 12.1. The highest BCUT2D eigenvalue weighted by atomic mass is 19.1. The van der Waals surface area contributed by atoms with E-state index < -0.39 is 11.8 Å².